The van der Waals surface area contributed by atoms with Gasteiger partial charge in [0, 0.05) is 44.1 Å². The van der Waals surface area contributed by atoms with E-state index >= 15 is 0 Å². The van der Waals surface area contributed by atoms with Crippen molar-refractivity contribution in [2.75, 3.05) is 25.1 Å². The zero-order chi connectivity index (χ0) is 13.8. The van der Waals surface area contributed by atoms with E-state index in [4.69, 9.17) is 4.74 Å². The SMILES string of the molecule is Cc1nccn1CCNc1cc(C2CCOC2)ncn1. The van der Waals surface area contributed by atoms with Gasteiger partial charge in [-0.3, -0.25) is 0 Å². The number of aryl methyl sites for hydroxylation is 1. The molecule has 2 aromatic rings. The van der Waals surface area contributed by atoms with Crippen molar-refractivity contribution in [2.24, 2.45) is 0 Å². The van der Waals surface area contributed by atoms with Crippen LogP contribution in [-0.4, -0.2) is 39.3 Å². The highest BCUT2D eigenvalue weighted by atomic mass is 16.5. The summed E-state index contributed by atoms with van der Waals surface area (Å²) in [7, 11) is 0. The van der Waals surface area contributed by atoms with Gasteiger partial charge in [-0.25, -0.2) is 15.0 Å². The Bertz CT molecular complexity index is 562. The highest BCUT2D eigenvalue weighted by molar-refractivity contribution is 5.35. The minimum Gasteiger partial charge on any atom is -0.381 e. The second-order valence-electron chi connectivity index (χ2n) is 4.98. The van der Waals surface area contributed by atoms with Crippen LogP contribution in [0.25, 0.3) is 0 Å². The lowest BCUT2D eigenvalue weighted by molar-refractivity contribution is 0.193. The molecule has 1 N–H and O–H groups in total. The van der Waals surface area contributed by atoms with Crippen molar-refractivity contribution >= 4 is 5.82 Å². The highest BCUT2D eigenvalue weighted by Gasteiger charge is 2.19. The number of anilines is 1. The van der Waals surface area contributed by atoms with E-state index in [1.54, 1.807) is 6.33 Å². The summed E-state index contributed by atoms with van der Waals surface area (Å²) in [4.78, 5) is 12.8. The van der Waals surface area contributed by atoms with Gasteiger partial charge in [0.15, 0.2) is 0 Å². The molecule has 106 valence electrons. The predicted molar refractivity (Wildman–Crippen MR) is 75.7 cm³/mol. The molecule has 1 fully saturated rings. The van der Waals surface area contributed by atoms with Crippen molar-refractivity contribution in [1.82, 2.24) is 19.5 Å². The van der Waals surface area contributed by atoms with Crippen LogP contribution < -0.4 is 5.32 Å². The minimum atomic E-state index is 0.412. The summed E-state index contributed by atoms with van der Waals surface area (Å²) in [6, 6.07) is 2.03. The van der Waals surface area contributed by atoms with E-state index in [2.05, 4.69) is 24.8 Å². The molecule has 1 atom stereocenters. The van der Waals surface area contributed by atoms with Crippen LogP contribution in [0, 0.1) is 6.92 Å². The minimum absolute atomic E-state index is 0.412. The summed E-state index contributed by atoms with van der Waals surface area (Å²) in [5, 5.41) is 3.33. The molecular weight excluding hydrogens is 254 g/mol. The van der Waals surface area contributed by atoms with Crippen LogP contribution in [0.1, 0.15) is 23.9 Å². The molecule has 1 aliphatic rings. The third kappa shape index (κ3) is 2.96. The first-order valence-electron chi connectivity index (χ1n) is 6.94. The molecule has 0 amide bonds. The van der Waals surface area contributed by atoms with E-state index in [0.717, 1.165) is 50.1 Å². The van der Waals surface area contributed by atoms with Crippen LogP contribution in [0.4, 0.5) is 5.82 Å². The van der Waals surface area contributed by atoms with Crippen molar-refractivity contribution in [3.05, 3.63) is 36.3 Å². The van der Waals surface area contributed by atoms with E-state index in [9.17, 15) is 0 Å². The predicted octanol–water partition coefficient (Wildman–Crippen LogP) is 1.60. The van der Waals surface area contributed by atoms with Gasteiger partial charge in [-0.05, 0) is 13.3 Å². The maximum atomic E-state index is 5.40. The average molecular weight is 273 g/mol. The van der Waals surface area contributed by atoms with Gasteiger partial charge in [-0.1, -0.05) is 0 Å². The van der Waals surface area contributed by atoms with Crippen molar-refractivity contribution in [2.45, 2.75) is 25.8 Å². The molecule has 1 unspecified atom stereocenters. The Balaban J connectivity index is 1.57. The standard InChI is InChI=1S/C14H19N5O/c1-11-15-3-5-19(11)6-4-16-14-8-13(17-10-18-14)12-2-7-20-9-12/h3,5,8,10,12H,2,4,6-7,9H2,1H3,(H,16,17,18). The number of hydrogen-bond acceptors (Lipinski definition) is 5. The van der Waals surface area contributed by atoms with Gasteiger partial charge >= 0.3 is 0 Å². The molecular formula is C14H19N5O. The first-order valence-corrected chi connectivity index (χ1v) is 6.94. The molecule has 1 saturated heterocycles. The summed E-state index contributed by atoms with van der Waals surface area (Å²) in [6.45, 7) is 5.29. The average Bonchev–Trinajstić information content (AvgIpc) is 3.12. The second-order valence-corrected chi connectivity index (χ2v) is 4.98. The van der Waals surface area contributed by atoms with E-state index < -0.39 is 0 Å². The summed E-state index contributed by atoms with van der Waals surface area (Å²) in [5.74, 6) is 2.31. The molecule has 0 aromatic carbocycles. The largest absolute Gasteiger partial charge is 0.381 e. The Morgan fingerprint density at radius 1 is 1.40 bits per heavy atom. The van der Waals surface area contributed by atoms with E-state index in [0.29, 0.717) is 5.92 Å². The van der Waals surface area contributed by atoms with Crippen LogP contribution >= 0.6 is 0 Å². The Labute approximate surface area is 118 Å². The van der Waals surface area contributed by atoms with Gasteiger partial charge in [0.2, 0.25) is 0 Å². The third-order valence-electron chi connectivity index (χ3n) is 3.62. The maximum Gasteiger partial charge on any atom is 0.129 e. The first kappa shape index (κ1) is 13.1. The summed E-state index contributed by atoms with van der Waals surface area (Å²) < 4.78 is 7.51. The topological polar surface area (TPSA) is 64.9 Å². The van der Waals surface area contributed by atoms with Crippen LogP contribution in [-0.2, 0) is 11.3 Å². The Kier molecular flexibility index (Phi) is 3.92. The fourth-order valence-electron chi connectivity index (χ4n) is 2.40. The van der Waals surface area contributed by atoms with Crippen molar-refractivity contribution < 1.29 is 4.74 Å². The van der Waals surface area contributed by atoms with Crippen LogP contribution in [0.15, 0.2) is 24.8 Å². The molecule has 3 heterocycles. The molecule has 2 aromatic heterocycles. The molecule has 3 rings (SSSR count). The van der Waals surface area contributed by atoms with Crippen molar-refractivity contribution in [3.8, 4) is 0 Å². The fraction of sp³-hybridized carbons (Fsp3) is 0.500. The lowest BCUT2D eigenvalue weighted by Gasteiger charge is -2.10. The summed E-state index contributed by atoms with van der Waals surface area (Å²) >= 11 is 0. The number of rotatable bonds is 5. The molecule has 0 saturated carbocycles. The lowest BCUT2D eigenvalue weighted by atomic mass is 10.1. The molecule has 6 heteroatoms. The normalized spacial score (nSPS) is 18.4. The Hall–Kier alpha value is -1.95. The lowest BCUT2D eigenvalue weighted by Crippen LogP contribution is -2.12. The van der Waals surface area contributed by atoms with Crippen LogP contribution in [0.3, 0.4) is 0 Å². The molecule has 0 spiro atoms. The van der Waals surface area contributed by atoms with E-state index in [-0.39, 0.29) is 0 Å². The number of ether oxygens (including phenoxy) is 1. The number of aromatic nitrogens is 4. The van der Waals surface area contributed by atoms with Crippen LogP contribution in [0.2, 0.25) is 0 Å². The monoisotopic (exact) mass is 273 g/mol. The van der Waals surface area contributed by atoms with Gasteiger partial charge in [0.05, 0.1) is 12.3 Å². The number of hydrogen-bond donors (Lipinski definition) is 1. The zero-order valence-corrected chi connectivity index (χ0v) is 11.6. The number of nitrogens with zero attached hydrogens (tertiary/aromatic N) is 4. The smallest absolute Gasteiger partial charge is 0.129 e. The number of nitrogens with one attached hydrogen (secondary N) is 1. The molecule has 20 heavy (non-hydrogen) atoms. The van der Waals surface area contributed by atoms with Crippen molar-refractivity contribution in [3.63, 3.8) is 0 Å². The van der Waals surface area contributed by atoms with Crippen molar-refractivity contribution in [1.29, 1.82) is 0 Å². The Morgan fingerprint density at radius 2 is 2.35 bits per heavy atom. The maximum absolute atomic E-state index is 5.40. The molecule has 0 aliphatic carbocycles. The first-order chi connectivity index (χ1) is 9.83. The fourth-order valence-corrected chi connectivity index (χ4v) is 2.40. The number of imidazole rings is 1. The zero-order valence-electron chi connectivity index (χ0n) is 11.6. The van der Waals surface area contributed by atoms with Gasteiger partial charge in [0.25, 0.3) is 0 Å². The van der Waals surface area contributed by atoms with Gasteiger partial charge in [-0.15, -0.1) is 0 Å². The van der Waals surface area contributed by atoms with E-state index in [1.807, 2.05) is 25.4 Å². The van der Waals surface area contributed by atoms with Gasteiger partial charge < -0.3 is 14.6 Å². The van der Waals surface area contributed by atoms with Gasteiger partial charge in [-0.2, -0.15) is 0 Å². The molecule has 0 radical (unpaired) electrons. The molecule has 1 aliphatic heterocycles. The highest BCUT2D eigenvalue weighted by Crippen LogP contribution is 2.24. The van der Waals surface area contributed by atoms with E-state index in [1.165, 1.54) is 0 Å². The second kappa shape index (κ2) is 6.00. The molecule has 0 bridgehead atoms. The summed E-state index contributed by atoms with van der Waals surface area (Å²) in [5.41, 5.74) is 1.07. The van der Waals surface area contributed by atoms with Crippen LogP contribution in [0.5, 0.6) is 0 Å². The summed E-state index contributed by atoms with van der Waals surface area (Å²) in [6.07, 6.45) is 6.47. The quantitative estimate of drug-likeness (QED) is 0.896. The third-order valence-corrected chi connectivity index (χ3v) is 3.62. The van der Waals surface area contributed by atoms with Gasteiger partial charge in [0.1, 0.15) is 18.0 Å². The molecule has 6 nitrogen and oxygen atoms in total. The Morgan fingerprint density at radius 3 is 3.10 bits per heavy atom.